The van der Waals surface area contributed by atoms with Crippen LogP contribution in [0.5, 0.6) is 0 Å². The molecule has 0 bridgehead atoms. The number of carbonyl (C=O) groups is 2. The Morgan fingerprint density at radius 1 is 0.800 bits per heavy atom. The molecule has 170 valence electrons. The first-order chi connectivity index (χ1) is 17.2. The highest BCUT2D eigenvalue weighted by Gasteiger charge is 2.18. The van der Waals surface area contributed by atoms with E-state index in [0.717, 1.165) is 34.1 Å². The van der Waals surface area contributed by atoms with Crippen molar-refractivity contribution < 1.29 is 9.59 Å². The summed E-state index contributed by atoms with van der Waals surface area (Å²) in [5, 5.41) is 3.63. The molecule has 5 rings (SSSR count). The summed E-state index contributed by atoms with van der Waals surface area (Å²) in [6, 6.07) is 32.1. The second-order valence-corrected chi connectivity index (χ2v) is 8.27. The first kappa shape index (κ1) is 22.2. The van der Waals surface area contributed by atoms with Crippen molar-refractivity contribution in [1.29, 1.82) is 0 Å². The fourth-order valence-corrected chi connectivity index (χ4v) is 4.13. The third-order valence-corrected chi connectivity index (χ3v) is 5.86. The molecule has 0 unspecified atom stereocenters. The van der Waals surface area contributed by atoms with Gasteiger partial charge in [0.25, 0.3) is 5.91 Å². The van der Waals surface area contributed by atoms with Crippen molar-refractivity contribution in [2.24, 2.45) is 0 Å². The van der Waals surface area contributed by atoms with Crippen molar-refractivity contribution in [2.45, 2.75) is 12.5 Å². The topological polar surface area (TPSA) is 72.0 Å². The maximum Gasteiger partial charge on any atom is 0.252 e. The van der Waals surface area contributed by atoms with Crippen molar-refractivity contribution in [2.75, 3.05) is 0 Å². The SMILES string of the molecule is O=C[C@H](Cc1ccccc1)NC(=O)c1cc(-c2cccc(-c3ccccn3)c2)nc2ccccc12. The number of hydrogen-bond acceptors (Lipinski definition) is 4. The zero-order chi connectivity index (χ0) is 24.0. The number of aldehydes is 1. The number of nitrogens with one attached hydrogen (secondary N) is 1. The number of amides is 1. The van der Waals surface area contributed by atoms with Crippen LogP contribution in [0.15, 0.2) is 109 Å². The third-order valence-electron chi connectivity index (χ3n) is 5.86. The fraction of sp³-hybridized carbons (Fsp3) is 0.0667. The highest BCUT2D eigenvalue weighted by Crippen LogP contribution is 2.28. The minimum absolute atomic E-state index is 0.307. The maximum atomic E-state index is 13.4. The van der Waals surface area contributed by atoms with Gasteiger partial charge < -0.3 is 10.1 Å². The first-order valence-electron chi connectivity index (χ1n) is 11.4. The van der Waals surface area contributed by atoms with E-state index < -0.39 is 6.04 Å². The van der Waals surface area contributed by atoms with Crippen LogP contribution in [0, 0.1) is 0 Å². The van der Waals surface area contributed by atoms with Gasteiger partial charge in [0, 0.05) is 22.7 Å². The highest BCUT2D eigenvalue weighted by molar-refractivity contribution is 6.07. The summed E-state index contributed by atoms with van der Waals surface area (Å²) in [6.45, 7) is 0. The molecule has 3 aromatic carbocycles. The van der Waals surface area contributed by atoms with Crippen molar-refractivity contribution in [3.63, 3.8) is 0 Å². The molecule has 2 aromatic heterocycles. The molecular formula is C30H23N3O2. The van der Waals surface area contributed by atoms with E-state index >= 15 is 0 Å². The average Bonchev–Trinajstić information content (AvgIpc) is 2.93. The van der Waals surface area contributed by atoms with E-state index in [-0.39, 0.29) is 5.91 Å². The molecule has 0 saturated heterocycles. The zero-order valence-corrected chi connectivity index (χ0v) is 19.0. The van der Waals surface area contributed by atoms with Gasteiger partial charge in [0.2, 0.25) is 0 Å². The summed E-state index contributed by atoms with van der Waals surface area (Å²) in [6.07, 6.45) is 2.97. The predicted molar refractivity (Wildman–Crippen MR) is 138 cm³/mol. The number of benzene rings is 3. The van der Waals surface area contributed by atoms with Crippen LogP contribution in [0.2, 0.25) is 0 Å². The lowest BCUT2D eigenvalue weighted by Gasteiger charge is -2.15. The minimum Gasteiger partial charge on any atom is -0.342 e. The van der Waals surface area contributed by atoms with E-state index in [2.05, 4.69) is 10.3 Å². The molecule has 5 aromatic rings. The van der Waals surface area contributed by atoms with Crippen LogP contribution >= 0.6 is 0 Å². The van der Waals surface area contributed by atoms with Gasteiger partial charge in [0.15, 0.2) is 0 Å². The summed E-state index contributed by atoms with van der Waals surface area (Å²) in [4.78, 5) is 34.4. The first-order valence-corrected chi connectivity index (χ1v) is 11.4. The summed E-state index contributed by atoms with van der Waals surface area (Å²) >= 11 is 0. The summed E-state index contributed by atoms with van der Waals surface area (Å²) in [5.74, 6) is -0.307. The lowest BCUT2D eigenvalue weighted by Crippen LogP contribution is -2.37. The summed E-state index contributed by atoms with van der Waals surface area (Å²) < 4.78 is 0. The van der Waals surface area contributed by atoms with Gasteiger partial charge in [-0.2, -0.15) is 0 Å². The van der Waals surface area contributed by atoms with E-state index in [4.69, 9.17) is 4.98 Å². The number of para-hydroxylation sites is 1. The zero-order valence-electron chi connectivity index (χ0n) is 19.0. The Kier molecular flexibility index (Phi) is 6.39. The molecule has 1 N–H and O–H groups in total. The number of aromatic nitrogens is 2. The largest absolute Gasteiger partial charge is 0.342 e. The maximum absolute atomic E-state index is 13.4. The van der Waals surface area contributed by atoms with E-state index in [0.29, 0.717) is 23.2 Å². The van der Waals surface area contributed by atoms with Crippen LogP contribution in [0.4, 0.5) is 0 Å². The number of carbonyl (C=O) groups excluding carboxylic acids is 2. The van der Waals surface area contributed by atoms with Gasteiger partial charge in [-0.3, -0.25) is 9.78 Å². The molecule has 0 radical (unpaired) electrons. The Hall–Kier alpha value is -4.64. The van der Waals surface area contributed by atoms with Crippen molar-refractivity contribution in [3.8, 4) is 22.5 Å². The Bertz CT molecular complexity index is 1480. The van der Waals surface area contributed by atoms with Gasteiger partial charge in [0.05, 0.1) is 28.5 Å². The molecule has 5 nitrogen and oxygen atoms in total. The lowest BCUT2D eigenvalue weighted by atomic mass is 10.0. The summed E-state index contributed by atoms with van der Waals surface area (Å²) in [5.41, 5.74) is 5.56. The van der Waals surface area contributed by atoms with Crippen molar-refractivity contribution >= 4 is 23.1 Å². The molecule has 0 aliphatic rings. The molecule has 0 saturated carbocycles. The monoisotopic (exact) mass is 457 g/mol. The normalized spacial score (nSPS) is 11.7. The summed E-state index contributed by atoms with van der Waals surface area (Å²) in [7, 11) is 0. The van der Waals surface area contributed by atoms with Crippen LogP contribution in [-0.2, 0) is 11.2 Å². The van der Waals surface area contributed by atoms with E-state index in [9.17, 15) is 9.59 Å². The number of hydrogen-bond donors (Lipinski definition) is 1. The minimum atomic E-state index is -0.632. The van der Waals surface area contributed by atoms with E-state index in [1.807, 2.05) is 97.1 Å². The van der Waals surface area contributed by atoms with Crippen molar-refractivity contribution in [1.82, 2.24) is 15.3 Å². The van der Waals surface area contributed by atoms with Gasteiger partial charge >= 0.3 is 0 Å². The molecule has 0 aliphatic heterocycles. The van der Waals surface area contributed by atoms with Crippen LogP contribution < -0.4 is 5.32 Å². The number of nitrogens with zero attached hydrogens (tertiary/aromatic N) is 2. The van der Waals surface area contributed by atoms with Gasteiger partial charge in [-0.25, -0.2) is 4.98 Å². The standard InChI is InChI=1S/C30H23N3O2/c34-20-24(17-21-9-2-1-3-10-21)32-30(35)26-19-29(33-28-15-5-4-13-25(26)28)23-12-8-11-22(18-23)27-14-6-7-16-31-27/h1-16,18-20,24H,17H2,(H,32,35)/t24-/m0/s1. The fourth-order valence-electron chi connectivity index (χ4n) is 4.13. The van der Waals surface area contributed by atoms with Gasteiger partial charge in [-0.15, -0.1) is 0 Å². The Labute approximate surface area is 203 Å². The molecule has 35 heavy (non-hydrogen) atoms. The number of fused-ring (bicyclic) bond motifs is 1. The molecule has 0 aliphatic carbocycles. The van der Waals surface area contributed by atoms with E-state index in [1.54, 1.807) is 12.3 Å². The molecule has 2 heterocycles. The molecule has 1 amide bonds. The van der Waals surface area contributed by atoms with Crippen LogP contribution in [0.25, 0.3) is 33.4 Å². The molecule has 0 spiro atoms. The molecular weight excluding hydrogens is 434 g/mol. The highest BCUT2D eigenvalue weighted by atomic mass is 16.2. The number of rotatable bonds is 7. The smallest absolute Gasteiger partial charge is 0.252 e. The molecule has 5 heteroatoms. The average molecular weight is 458 g/mol. The van der Waals surface area contributed by atoms with Gasteiger partial charge in [0.1, 0.15) is 6.29 Å². The predicted octanol–water partition coefficient (Wildman–Crippen LogP) is 5.50. The Morgan fingerprint density at radius 2 is 1.54 bits per heavy atom. The van der Waals surface area contributed by atoms with Crippen LogP contribution in [0.3, 0.4) is 0 Å². The second kappa shape index (κ2) is 10.1. The van der Waals surface area contributed by atoms with Crippen LogP contribution in [-0.4, -0.2) is 28.2 Å². The van der Waals surface area contributed by atoms with Gasteiger partial charge in [-0.05, 0) is 42.3 Å². The quantitative estimate of drug-likeness (QED) is 0.328. The third kappa shape index (κ3) is 4.99. The molecule has 0 fully saturated rings. The van der Waals surface area contributed by atoms with E-state index in [1.165, 1.54) is 0 Å². The molecule has 1 atom stereocenters. The number of pyridine rings is 2. The van der Waals surface area contributed by atoms with Crippen molar-refractivity contribution in [3.05, 3.63) is 120 Å². The van der Waals surface area contributed by atoms with Crippen LogP contribution in [0.1, 0.15) is 15.9 Å². The lowest BCUT2D eigenvalue weighted by molar-refractivity contribution is -0.109. The Balaban J connectivity index is 1.51. The van der Waals surface area contributed by atoms with Gasteiger partial charge in [-0.1, -0.05) is 72.8 Å². The second-order valence-electron chi connectivity index (χ2n) is 8.27. The Morgan fingerprint density at radius 3 is 2.31 bits per heavy atom.